The predicted octanol–water partition coefficient (Wildman–Crippen LogP) is 4.44. The zero-order chi connectivity index (χ0) is 19.4. The van der Waals surface area contributed by atoms with Gasteiger partial charge in [-0.1, -0.05) is 6.07 Å². The van der Waals surface area contributed by atoms with E-state index < -0.39 is 11.6 Å². The number of rotatable bonds is 6. The Morgan fingerprint density at radius 1 is 1.11 bits per heavy atom. The number of halogens is 2. The highest BCUT2D eigenvalue weighted by Crippen LogP contribution is 2.37. The predicted molar refractivity (Wildman–Crippen MR) is 100 cm³/mol. The monoisotopic (exact) mass is 393 g/mol. The van der Waals surface area contributed by atoms with Crippen molar-refractivity contribution in [3.05, 3.63) is 53.6 Å². The fourth-order valence-corrected chi connectivity index (χ4v) is 4.07. The summed E-state index contributed by atoms with van der Waals surface area (Å²) in [5, 5.41) is 0. The minimum absolute atomic E-state index is 0.0251. The molecule has 1 aliphatic heterocycles. The highest BCUT2D eigenvalue weighted by atomic mass is 32.2. The summed E-state index contributed by atoms with van der Waals surface area (Å²) < 4.78 is 37.0. The molecule has 0 radical (unpaired) electrons. The van der Waals surface area contributed by atoms with Crippen LogP contribution in [0.5, 0.6) is 11.5 Å². The van der Waals surface area contributed by atoms with Gasteiger partial charge in [0.2, 0.25) is 5.91 Å². The van der Waals surface area contributed by atoms with Crippen LogP contribution in [0.25, 0.3) is 0 Å². The molecule has 2 aromatic carbocycles. The summed E-state index contributed by atoms with van der Waals surface area (Å²) in [5.74, 6) is -0.372. The summed E-state index contributed by atoms with van der Waals surface area (Å²) >= 11 is 1.21. The van der Waals surface area contributed by atoms with E-state index >= 15 is 0 Å². The molecular formula is C20H21F2NO3S. The van der Waals surface area contributed by atoms with Gasteiger partial charge in [-0.05, 0) is 48.7 Å². The molecule has 2 aromatic rings. The van der Waals surface area contributed by atoms with Crippen molar-refractivity contribution in [1.82, 2.24) is 4.90 Å². The Kier molecular flexibility index (Phi) is 6.21. The SMILES string of the molecule is COc1ccc(C2CCCN2C(=O)CSc2ccc(F)c(F)c2)cc1OC. The Bertz CT molecular complexity index is 831. The van der Waals surface area contributed by atoms with Crippen LogP contribution in [-0.4, -0.2) is 37.3 Å². The molecule has 4 nitrogen and oxygen atoms in total. The topological polar surface area (TPSA) is 38.8 Å². The van der Waals surface area contributed by atoms with Crippen molar-refractivity contribution in [3.63, 3.8) is 0 Å². The molecule has 1 heterocycles. The van der Waals surface area contributed by atoms with Gasteiger partial charge in [0.1, 0.15) is 0 Å². The molecule has 1 aliphatic rings. The lowest BCUT2D eigenvalue weighted by molar-refractivity contribution is -0.129. The lowest BCUT2D eigenvalue weighted by Crippen LogP contribution is -2.32. The number of ether oxygens (including phenoxy) is 2. The van der Waals surface area contributed by atoms with E-state index in [9.17, 15) is 13.6 Å². The molecule has 0 N–H and O–H groups in total. The first-order valence-corrected chi connectivity index (χ1v) is 9.61. The zero-order valence-electron chi connectivity index (χ0n) is 15.2. The summed E-state index contributed by atoms with van der Waals surface area (Å²) in [4.78, 5) is 15.1. The molecule has 7 heteroatoms. The molecule has 0 aliphatic carbocycles. The molecule has 0 saturated carbocycles. The lowest BCUT2D eigenvalue weighted by Gasteiger charge is -2.25. The van der Waals surface area contributed by atoms with E-state index in [1.54, 1.807) is 14.2 Å². The molecule has 1 saturated heterocycles. The molecular weight excluding hydrogens is 372 g/mol. The smallest absolute Gasteiger partial charge is 0.233 e. The Morgan fingerprint density at radius 2 is 1.89 bits per heavy atom. The Morgan fingerprint density at radius 3 is 2.59 bits per heavy atom. The second kappa shape index (κ2) is 8.61. The van der Waals surface area contributed by atoms with Gasteiger partial charge in [-0.3, -0.25) is 4.79 Å². The standard InChI is InChI=1S/C20H21F2NO3S/c1-25-18-8-5-13(10-19(18)26-2)17-4-3-9-23(17)20(24)12-27-14-6-7-15(21)16(22)11-14/h5-8,10-11,17H,3-4,9,12H2,1-2H3. The summed E-state index contributed by atoms with van der Waals surface area (Å²) in [6.07, 6.45) is 1.79. The fraction of sp³-hybridized carbons (Fsp3) is 0.350. The van der Waals surface area contributed by atoms with Gasteiger partial charge in [-0.25, -0.2) is 8.78 Å². The van der Waals surface area contributed by atoms with Crippen LogP contribution in [0.15, 0.2) is 41.3 Å². The quantitative estimate of drug-likeness (QED) is 0.681. The van der Waals surface area contributed by atoms with Gasteiger partial charge >= 0.3 is 0 Å². The second-order valence-corrected chi connectivity index (χ2v) is 7.27. The van der Waals surface area contributed by atoms with Crippen LogP contribution in [0, 0.1) is 11.6 Å². The van der Waals surface area contributed by atoms with Crippen LogP contribution in [0.4, 0.5) is 8.78 Å². The number of methoxy groups -OCH3 is 2. The number of amides is 1. The number of thioether (sulfide) groups is 1. The minimum Gasteiger partial charge on any atom is -0.493 e. The third kappa shape index (κ3) is 4.35. The molecule has 0 aromatic heterocycles. The molecule has 3 rings (SSSR count). The Balaban J connectivity index is 1.70. The van der Waals surface area contributed by atoms with Crippen molar-refractivity contribution in [2.75, 3.05) is 26.5 Å². The van der Waals surface area contributed by atoms with Crippen molar-refractivity contribution < 1.29 is 23.0 Å². The molecule has 1 fully saturated rings. The van der Waals surface area contributed by atoms with Crippen molar-refractivity contribution in [1.29, 1.82) is 0 Å². The molecule has 1 atom stereocenters. The Labute approximate surface area is 161 Å². The fourth-order valence-electron chi connectivity index (χ4n) is 3.27. The van der Waals surface area contributed by atoms with Gasteiger partial charge in [-0.2, -0.15) is 0 Å². The van der Waals surface area contributed by atoms with E-state index in [-0.39, 0.29) is 17.7 Å². The lowest BCUT2D eigenvalue weighted by atomic mass is 10.0. The summed E-state index contributed by atoms with van der Waals surface area (Å²) in [7, 11) is 3.16. The van der Waals surface area contributed by atoms with Gasteiger partial charge in [0, 0.05) is 11.4 Å². The van der Waals surface area contributed by atoms with Crippen molar-refractivity contribution in [2.24, 2.45) is 0 Å². The van der Waals surface area contributed by atoms with E-state index in [4.69, 9.17) is 9.47 Å². The number of likely N-dealkylation sites (tertiary alicyclic amines) is 1. The summed E-state index contributed by atoms with van der Waals surface area (Å²) in [6, 6.07) is 9.32. The molecule has 27 heavy (non-hydrogen) atoms. The van der Waals surface area contributed by atoms with Crippen LogP contribution >= 0.6 is 11.8 Å². The number of carbonyl (C=O) groups excluding carboxylic acids is 1. The number of carbonyl (C=O) groups is 1. The molecule has 0 bridgehead atoms. The number of hydrogen-bond donors (Lipinski definition) is 0. The number of nitrogens with zero attached hydrogens (tertiary/aromatic N) is 1. The molecule has 144 valence electrons. The Hall–Kier alpha value is -2.28. The highest BCUT2D eigenvalue weighted by molar-refractivity contribution is 8.00. The van der Waals surface area contributed by atoms with Crippen LogP contribution in [-0.2, 0) is 4.79 Å². The number of hydrogen-bond acceptors (Lipinski definition) is 4. The van der Waals surface area contributed by atoms with E-state index in [1.165, 1.54) is 17.8 Å². The summed E-state index contributed by atoms with van der Waals surface area (Å²) in [6.45, 7) is 0.677. The molecule has 1 unspecified atom stereocenters. The molecule has 0 spiro atoms. The van der Waals surface area contributed by atoms with Gasteiger partial charge in [0.05, 0.1) is 26.0 Å². The first-order chi connectivity index (χ1) is 13.0. The third-order valence-corrected chi connectivity index (χ3v) is 5.60. The third-order valence-electron chi connectivity index (χ3n) is 4.62. The van der Waals surface area contributed by atoms with Crippen molar-refractivity contribution in [2.45, 2.75) is 23.8 Å². The first-order valence-electron chi connectivity index (χ1n) is 8.62. The van der Waals surface area contributed by atoms with E-state index in [0.717, 1.165) is 30.5 Å². The highest BCUT2D eigenvalue weighted by Gasteiger charge is 2.30. The van der Waals surface area contributed by atoms with Crippen molar-refractivity contribution >= 4 is 17.7 Å². The first kappa shape index (κ1) is 19.5. The van der Waals surface area contributed by atoms with Gasteiger partial charge < -0.3 is 14.4 Å². The van der Waals surface area contributed by atoms with E-state index in [1.807, 2.05) is 23.1 Å². The normalized spacial score (nSPS) is 16.4. The number of benzene rings is 2. The maximum atomic E-state index is 13.3. The van der Waals surface area contributed by atoms with Crippen LogP contribution < -0.4 is 9.47 Å². The van der Waals surface area contributed by atoms with Crippen molar-refractivity contribution in [3.8, 4) is 11.5 Å². The van der Waals surface area contributed by atoms with E-state index in [0.29, 0.717) is 22.9 Å². The zero-order valence-corrected chi connectivity index (χ0v) is 16.0. The summed E-state index contributed by atoms with van der Waals surface area (Å²) in [5.41, 5.74) is 0.997. The second-order valence-electron chi connectivity index (χ2n) is 6.22. The van der Waals surface area contributed by atoms with Crippen LogP contribution in [0.3, 0.4) is 0 Å². The van der Waals surface area contributed by atoms with Crippen LogP contribution in [0.2, 0.25) is 0 Å². The molecule has 1 amide bonds. The van der Waals surface area contributed by atoms with E-state index in [2.05, 4.69) is 0 Å². The van der Waals surface area contributed by atoms with Crippen LogP contribution in [0.1, 0.15) is 24.4 Å². The largest absolute Gasteiger partial charge is 0.493 e. The van der Waals surface area contributed by atoms with Gasteiger partial charge in [-0.15, -0.1) is 11.8 Å². The maximum Gasteiger partial charge on any atom is 0.233 e. The van der Waals surface area contributed by atoms with Gasteiger partial charge in [0.25, 0.3) is 0 Å². The van der Waals surface area contributed by atoms with Gasteiger partial charge in [0.15, 0.2) is 23.1 Å². The maximum absolute atomic E-state index is 13.3. The average molecular weight is 393 g/mol. The average Bonchev–Trinajstić information content (AvgIpc) is 3.18. The minimum atomic E-state index is -0.906.